The van der Waals surface area contributed by atoms with Crippen molar-refractivity contribution in [2.45, 2.75) is 25.8 Å². The quantitative estimate of drug-likeness (QED) is 0.313. The summed E-state index contributed by atoms with van der Waals surface area (Å²) in [7, 11) is 1.81. The number of hydrogen-bond acceptors (Lipinski definition) is 4. The van der Waals surface area contributed by atoms with Gasteiger partial charge in [0, 0.05) is 30.3 Å². The van der Waals surface area contributed by atoms with Gasteiger partial charge in [-0.2, -0.15) is 5.10 Å². The Morgan fingerprint density at radius 2 is 2.47 bits per heavy atom. The van der Waals surface area contributed by atoms with Crippen LogP contribution in [-0.4, -0.2) is 28.8 Å². The summed E-state index contributed by atoms with van der Waals surface area (Å²) in [4.78, 5) is 14.2. The lowest BCUT2D eigenvalue weighted by molar-refractivity contribution is -0.120. The zero-order valence-corrected chi connectivity index (χ0v) is 11.2. The first kappa shape index (κ1) is 15.0. The van der Waals surface area contributed by atoms with Crippen molar-refractivity contribution in [3.05, 3.63) is 27.9 Å². The number of azide groups is 1. The fraction of sp³-hybridized carbons (Fsp3) is 0.636. The van der Waals surface area contributed by atoms with E-state index in [0.717, 1.165) is 17.7 Å². The SMILES string of the molecule is CCc1nn(C)cc1C(NCCCN=[N+]=[N-])C(N)=O. The van der Waals surface area contributed by atoms with Gasteiger partial charge < -0.3 is 11.1 Å². The minimum absolute atomic E-state index is 0.392. The third-order valence-corrected chi connectivity index (χ3v) is 2.71. The Bertz CT molecular complexity index is 475. The fourth-order valence-electron chi connectivity index (χ4n) is 1.87. The molecule has 0 spiro atoms. The van der Waals surface area contributed by atoms with E-state index in [-0.39, 0.29) is 0 Å². The molecule has 0 radical (unpaired) electrons. The average Bonchev–Trinajstić information content (AvgIpc) is 2.74. The van der Waals surface area contributed by atoms with Gasteiger partial charge in [0.05, 0.1) is 5.69 Å². The van der Waals surface area contributed by atoms with E-state index in [1.54, 1.807) is 10.9 Å². The Morgan fingerprint density at radius 3 is 3.05 bits per heavy atom. The molecule has 1 unspecified atom stereocenters. The molecular formula is C11H19N7O. The van der Waals surface area contributed by atoms with Crippen LogP contribution in [0.15, 0.2) is 11.3 Å². The third kappa shape index (κ3) is 4.27. The van der Waals surface area contributed by atoms with Gasteiger partial charge in [-0.15, -0.1) is 0 Å². The second-order valence-corrected chi connectivity index (χ2v) is 4.16. The first-order valence-corrected chi connectivity index (χ1v) is 6.16. The molecule has 8 nitrogen and oxygen atoms in total. The van der Waals surface area contributed by atoms with Gasteiger partial charge in [0.1, 0.15) is 6.04 Å². The van der Waals surface area contributed by atoms with Gasteiger partial charge in [0.2, 0.25) is 5.91 Å². The lowest BCUT2D eigenvalue weighted by atomic mass is 10.1. The summed E-state index contributed by atoms with van der Waals surface area (Å²) in [6.07, 6.45) is 3.19. The average molecular weight is 265 g/mol. The van der Waals surface area contributed by atoms with Crippen LogP contribution >= 0.6 is 0 Å². The second kappa shape index (κ2) is 7.40. The molecule has 1 amide bonds. The van der Waals surface area contributed by atoms with Crippen LogP contribution in [0.3, 0.4) is 0 Å². The fourth-order valence-corrected chi connectivity index (χ4v) is 1.87. The standard InChI is InChI=1S/C11H19N7O/c1-3-9-8(7-18(2)16-9)10(11(12)19)14-5-4-6-15-17-13/h7,10,14H,3-6H2,1-2H3,(H2,12,19). The van der Waals surface area contributed by atoms with Crippen LogP contribution in [0.25, 0.3) is 10.4 Å². The van der Waals surface area contributed by atoms with E-state index in [0.29, 0.717) is 19.5 Å². The van der Waals surface area contributed by atoms with Crippen molar-refractivity contribution in [2.24, 2.45) is 17.9 Å². The van der Waals surface area contributed by atoms with Crippen LogP contribution in [0.4, 0.5) is 0 Å². The van der Waals surface area contributed by atoms with Crippen LogP contribution in [-0.2, 0) is 18.3 Å². The van der Waals surface area contributed by atoms with Crippen LogP contribution in [0.1, 0.15) is 30.6 Å². The molecule has 0 saturated carbocycles. The Balaban J connectivity index is 2.71. The van der Waals surface area contributed by atoms with Gasteiger partial charge in [-0.3, -0.25) is 9.48 Å². The number of primary amides is 1. The number of rotatable bonds is 8. The number of amides is 1. The molecule has 1 heterocycles. The van der Waals surface area contributed by atoms with Crippen LogP contribution in [0.2, 0.25) is 0 Å². The maximum Gasteiger partial charge on any atom is 0.239 e. The highest BCUT2D eigenvalue weighted by molar-refractivity contribution is 5.81. The first-order chi connectivity index (χ1) is 9.10. The molecule has 8 heteroatoms. The van der Waals surface area contributed by atoms with E-state index in [2.05, 4.69) is 20.4 Å². The Hall–Kier alpha value is -2.05. The number of carbonyl (C=O) groups excluding carboxylic acids is 1. The molecule has 1 atom stereocenters. The molecule has 0 saturated heterocycles. The maximum atomic E-state index is 11.5. The number of nitrogens with two attached hydrogens (primary N) is 1. The van der Waals surface area contributed by atoms with E-state index >= 15 is 0 Å². The van der Waals surface area contributed by atoms with E-state index in [4.69, 9.17) is 11.3 Å². The molecule has 1 aromatic heterocycles. The zero-order valence-electron chi connectivity index (χ0n) is 11.2. The van der Waals surface area contributed by atoms with Gasteiger partial charge in [-0.1, -0.05) is 12.0 Å². The molecule has 0 aliphatic heterocycles. The van der Waals surface area contributed by atoms with Crippen molar-refractivity contribution in [1.82, 2.24) is 15.1 Å². The first-order valence-electron chi connectivity index (χ1n) is 6.16. The summed E-state index contributed by atoms with van der Waals surface area (Å²) in [5.74, 6) is -0.438. The summed E-state index contributed by atoms with van der Waals surface area (Å²) in [6.45, 7) is 2.92. The van der Waals surface area contributed by atoms with Gasteiger partial charge >= 0.3 is 0 Å². The number of nitrogens with one attached hydrogen (secondary N) is 1. The smallest absolute Gasteiger partial charge is 0.239 e. The molecule has 1 aromatic rings. The van der Waals surface area contributed by atoms with Gasteiger partial charge in [-0.05, 0) is 24.9 Å². The van der Waals surface area contributed by atoms with Gasteiger partial charge in [0.25, 0.3) is 0 Å². The van der Waals surface area contributed by atoms with Crippen molar-refractivity contribution in [3.8, 4) is 0 Å². The van der Waals surface area contributed by atoms with Crippen molar-refractivity contribution in [2.75, 3.05) is 13.1 Å². The molecule has 0 aromatic carbocycles. The summed E-state index contributed by atoms with van der Waals surface area (Å²) >= 11 is 0. The number of aryl methyl sites for hydroxylation is 2. The predicted molar refractivity (Wildman–Crippen MR) is 71.2 cm³/mol. The van der Waals surface area contributed by atoms with Gasteiger partial charge in [0.15, 0.2) is 0 Å². The normalized spacial score (nSPS) is 11.9. The van der Waals surface area contributed by atoms with E-state index in [9.17, 15) is 4.79 Å². The van der Waals surface area contributed by atoms with Crippen molar-refractivity contribution >= 4 is 5.91 Å². The topological polar surface area (TPSA) is 122 Å². The van der Waals surface area contributed by atoms with Crippen molar-refractivity contribution < 1.29 is 4.79 Å². The van der Waals surface area contributed by atoms with Crippen molar-refractivity contribution in [3.63, 3.8) is 0 Å². The lowest BCUT2D eigenvalue weighted by Gasteiger charge is -2.14. The molecule has 19 heavy (non-hydrogen) atoms. The van der Waals surface area contributed by atoms with Crippen LogP contribution < -0.4 is 11.1 Å². The lowest BCUT2D eigenvalue weighted by Crippen LogP contribution is -2.34. The molecule has 0 aliphatic carbocycles. The molecule has 0 fully saturated rings. The summed E-state index contributed by atoms with van der Waals surface area (Å²) in [6, 6.07) is -0.560. The minimum atomic E-state index is -0.560. The molecule has 0 bridgehead atoms. The van der Waals surface area contributed by atoms with Crippen LogP contribution in [0, 0.1) is 0 Å². The molecular weight excluding hydrogens is 246 g/mol. The highest BCUT2D eigenvalue weighted by Gasteiger charge is 2.22. The predicted octanol–water partition coefficient (Wildman–Crippen LogP) is 0.799. The minimum Gasteiger partial charge on any atom is -0.368 e. The maximum absolute atomic E-state index is 11.5. The van der Waals surface area contributed by atoms with Gasteiger partial charge in [-0.25, -0.2) is 0 Å². The summed E-state index contributed by atoms with van der Waals surface area (Å²) < 4.78 is 1.67. The molecule has 0 aliphatic rings. The number of aromatic nitrogens is 2. The Labute approximate surface area is 111 Å². The third-order valence-electron chi connectivity index (χ3n) is 2.71. The summed E-state index contributed by atoms with van der Waals surface area (Å²) in [5, 5.41) is 10.8. The Kier molecular flexibility index (Phi) is 5.84. The van der Waals surface area contributed by atoms with E-state index < -0.39 is 11.9 Å². The molecule has 104 valence electrons. The highest BCUT2D eigenvalue weighted by atomic mass is 16.1. The van der Waals surface area contributed by atoms with E-state index in [1.165, 1.54) is 0 Å². The molecule has 3 N–H and O–H groups in total. The number of carbonyl (C=O) groups is 1. The highest BCUT2D eigenvalue weighted by Crippen LogP contribution is 2.17. The number of hydrogen-bond donors (Lipinski definition) is 2. The summed E-state index contributed by atoms with van der Waals surface area (Å²) in [5.41, 5.74) is 15.2. The largest absolute Gasteiger partial charge is 0.368 e. The zero-order chi connectivity index (χ0) is 14.3. The second-order valence-electron chi connectivity index (χ2n) is 4.16. The Morgan fingerprint density at radius 1 is 1.74 bits per heavy atom. The number of nitrogens with zero attached hydrogens (tertiary/aromatic N) is 5. The van der Waals surface area contributed by atoms with E-state index in [1.807, 2.05) is 14.0 Å². The molecule has 1 rings (SSSR count). The van der Waals surface area contributed by atoms with Crippen LogP contribution in [0.5, 0.6) is 0 Å². The van der Waals surface area contributed by atoms with Crippen molar-refractivity contribution in [1.29, 1.82) is 0 Å². The monoisotopic (exact) mass is 265 g/mol.